The van der Waals surface area contributed by atoms with Gasteiger partial charge in [0.15, 0.2) is 0 Å². The molecule has 2 nitrogen and oxygen atoms in total. The van der Waals surface area contributed by atoms with Crippen molar-refractivity contribution in [3.05, 3.63) is 0 Å². The van der Waals surface area contributed by atoms with Crippen molar-refractivity contribution < 1.29 is 32.5 Å². The van der Waals surface area contributed by atoms with Gasteiger partial charge >= 0.3 is 61.3 Å². The van der Waals surface area contributed by atoms with Gasteiger partial charge in [-0.2, -0.15) is 0 Å². The Kier molecular flexibility index (Phi) is 5.43. The van der Waals surface area contributed by atoms with Crippen LogP contribution in [0, 0.1) is 0 Å². The van der Waals surface area contributed by atoms with Gasteiger partial charge in [0.2, 0.25) is 0 Å². The maximum absolute atomic E-state index is 10.2. The second kappa shape index (κ2) is 4.90. The van der Waals surface area contributed by atoms with Crippen molar-refractivity contribution >= 4 is 18.6 Å². The standard InChI is InChI=1S/C2H4O2S.CH3.Hg/c3-2(4)1-5;;/h5H,1H2,(H,3,4);1H3;/q;;+1/p-1. The molecule has 0 aromatic rings. The zero-order valence-electron chi connectivity index (χ0n) is 4.18. The summed E-state index contributed by atoms with van der Waals surface area (Å²) < 4.78 is 6.69. The van der Waals surface area contributed by atoms with Gasteiger partial charge in [0.1, 0.15) is 0 Å². The van der Waals surface area contributed by atoms with Gasteiger partial charge in [-0.1, -0.05) is 0 Å². The summed E-state index contributed by atoms with van der Waals surface area (Å²) in [4.78, 5) is 10.2. The molecular formula is C3H6HgO2S. The van der Waals surface area contributed by atoms with Gasteiger partial charge in [0.25, 0.3) is 0 Å². The molecule has 0 aliphatic heterocycles. The Hall–Kier alpha value is 0.755. The first-order valence-electron chi connectivity index (χ1n) is 2.07. The topological polar surface area (TPSA) is 26.3 Å². The van der Waals surface area contributed by atoms with E-state index in [1.807, 2.05) is 4.43 Å². The molecule has 7 heavy (non-hydrogen) atoms. The Labute approximate surface area is 61.1 Å². The molecule has 0 spiro atoms. The fourth-order valence-corrected chi connectivity index (χ4v) is 2.61. The van der Waals surface area contributed by atoms with Crippen LogP contribution in [0.2, 0.25) is 4.43 Å². The van der Waals surface area contributed by atoms with E-state index in [0.29, 0.717) is 0 Å². The molecule has 0 N–H and O–H groups in total. The van der Waals surface area contributed by atoms with Crippen LogP contribution in [0.5, 0.6) is 0 Å². The Morgan fingerprint density at radius 2 is 2.57 bits per heavy atom. The molecule has 0 fully saturated rings. The number of carbonyl (C=O) groups excluding carboxylic acids is 1. The molecule has 0 rings (SSSR count). The molecule has 0 amide bonds. The van der Waals surface area contributed by atoms with Crippen molar-refractivity contribution in [2.75, 3.05) is 5.75 Å². The van der Waals surface area contributed by atoms with Crippen molar-refractivity contribution in [3.63, 3.8) is 0 Å². The Balaban J connectivity index is 3.00. The van der Waals surface area contributed by atoms with Crippen LogP contribution >= 0.6 is 12.6 Å². The number of rotatable bonds is 2. The van der Waals surface area contributed by atoms with Crippen molar-refractivity contribution in [2.45, 2.75) is 4.43 Å². The number of carbonyl (C=O) groups is 1. The first-order chi connectivity index (χ1) is 3.31. The predicted octanol–water partition coefficient (Wildman–Crippen LogP) is 0.505. The molecule has 4 heteroatoms. The summed E-state index contributed by atoms with van der Waals surface area (Å²) in [6.07, 6.45) is 0. The van der Waals surface area contributed by atoms with E-state index in [1.165, 1.54) is 0 Å². The molecule has 0 saturated heterocycles. The summed E-state index contributed by atoms with van der Waals surface area (Å²) in [6, 6.07) is 0. The molecule has 0 unspecified atom stereocenters. The molecule has 0 aliphatic rings. The number of hydrogen-bond donors (Lipinski definition) is 1. The molecule has 0 saturated carbocycles. The minimum absolute atomic E-state index is 0.160. The van der Waals surface area contributed by atoms with Crippen LogP contribution in [-0.4, -0.2) is 11.7 Å². The van der Waals surface area contributed by atoms with E-state index in [0.717, 1.165) is 0 Å². The average Bonchev–Trinajstić information content (AvgIpc) is 1.68. The quantitative estimate of drug-likeness (QED) is 0.594. The zero-order chi connectivity index (χ0) is 5.70. The van der Waals surface area contributed by atoms with E-state index >= 15 is 0 Å². The summed E-state index contributed by atoms with van der Waals surface area (Å²) in [5, 5.41) is 0. The predicted molar refractivity (Wildman–Crippen MR) is 25.8 cm³/mol. The van der Waals surface area contributed by atoms with Crippen LogP contribution in [0.1, 0.15) is 0 Å². The van der Waals surface area contributed by atoms with Gasteiger partial charge in [-0.05, 0) is 0 Å². The van der Waals surface area contributed by atoms with Crippen LogP contribution in [0.15, 0.2) is 0 Å². The molecule has 0 atom stereocenters. The first kappa shape index (κ1) is 7.76. The van der Waals surface area contributed by atoms with Gasteiger partial charge in [-0.25, -0.2) is 0 Å². The number of thiol groups is 1. The number of hydrogen-bond acceptors (Lipinski definition) is 3. The van der Waals surface area contributed by atoms with Gasteiger partial charge in [0.05, 0.1) is 0 Å². The van der Waals surface area contributed by atoms with E-state index in [9.17, 15) is 4.79 Å². The summed E-state index contributed by atoms with van der Waals surface area (Å²) in [6.45, 7) is 0. The average molecular weight is 307 g/mol. The van der Waals surface area contributed by atoms with E-state index in [-0.39, 0.29) is 11.7 Å². The Morgan fingerprint density at radius 3 is 2.71 bits per heavy atom. The van der Waals surface area contributed by atoms with E-state index in [2.05, 4.69) is 12.6 Å². The van der Waals surface area contributed by atoms with Crippen molar-refractivity contribution in [2.24, 2.45) is 0 Å². The SMILES string of the molecule is [CH3][Hg][O]C(=O)CS. The molecular weight excluding hydrogens is 301 g/mol. The van der Waals surface area contributed by atoms with Crippen LogP contribution in [0.3, 0.4) is 0 Å². The molecule has 38 valence electrons. The zero-order valence-corrected chi connectivity index (χ0v) is 10.6. The molecule has 0 aromatic heterocycles. The van der Waals surface area contributed by atoms with Gasteiger partial charge in [-0.15, -0.1) is 0 Å². The van der Waals surface area contributed by atoms with E-state index in [4.69, 9.17) is 2.64 Å². The van der Waals surface area contributed by atoms with Crippen LogP contribution in [-0.2, 0) is 32.5 Å². The summed E-state index contributed by atoms with van der Waals surface area (Å²) in [5.74, 6) is 0.0703. The minimum atomic E-state index is -1.13. The van der Waals surface area contributed by atoms with E-state index in [1.54, 1.807) is 0 Å². The fraction of sp³-hybridized carbons (Fsp3) is 0.667. The molecule has 0 bridgehead atoms. The third-order valence-corrected chi connectivity index (χ3v) is 3.07. The molecule has 0 heterocycles. The molecule has 0 aromatic carbocycles. The van der Waals surface area contributed by atoms with E-state index < -0.39 is 25.0 Å². The summed E-state index contributed by atoms with van der Waals surface area (Å²) in [5.41, 5.74) is 0. The molecule has 0 aliphatic carbocycles. The van der Waals surface area contributed by atoms with Crippen LogP contribution < -0.4 is 0 Å². The second-order valence-electron chi connectivity index (χ2n) is 0.963. The van der Waals surface area contributed by atoms with Crippen molar-refractivity contribution in [1.82, 2.24) is 0 Å². The monoisotopic (exact) mass is 308 g/mol. The van der Waals surface area contributed by atoms with Gasteiger partial charge in [0, 0.05) is 0 Å². The third kappa shape index (κ3) is 4.61. The summed E-state index contributed by atoms with van der Waals surface area (Å²) >= 11 is 2.58. The second-order valence-corrected chi connectivity index (χ2v) is 4.65. The Bertz CT molecular complexity index is 66.0. The fourth-order valence-electron chi connectivity index (χ4n) is 0.207. The molecule has 0 radical (unpaired) electrons. The van der Waals surface area contributed by atoms with Crippen LogP contribution in [0.4, 0.5) is 0 Å². The first-order valence-corrected chi connectivity index (χ1v) is 10.4. The van der Waals surface area contributed by atoms with Gasteiger partial charge < -0.3 is 0 Å². The van der Waals surface area contributed by atoms with Crippen LogP contribution in [0.25, 0.3) is 0 Å². The van der Waals surface area contributed by atoms with Gasteiger partial charge in [-0.3, -0.25) is 0 Å². The van der Waals surface area contributed by atoms with Crippen molar-refractivity contribution in [3.8, 4) is 0 Å². The van der Waals surface area contributed by atoms with Crippen molar-refractivity contribution in [1.29, 1.82) is 0 Å². The third-order valence-electron chi connectivity index (χ3n) is 0.434. The maximum atomic E-state index is 10.2. The summed E-state index contributed by atoms with van der Waals surface area (Å²) in [7, 11) is 0. The Morgan fingerprint density at radius 1 is 2.00 bits per heavy atom. The normalized spacial score (nSPS) is 7.14.